The monoisotopic (exact) mass is 334 g/mol. The zero-order valence-electron chi connectivity index (χ0n) is 13.7. The Hall–Kier alpha value is -2.16. The molecule has 0 heterocycles. The van der Waals surface area contributed by atoms with Gasteiger partial charge in [-0.25, -0.2) is 0 Å². The number of methoxy groups -OCH3 is 2. The molecule has 0 radical (unpaired) electrons. The molecule has 9 heteroatoms. The van der Waals surface area contributed by atoms with Crippen molar-refractivity contribution in [2.75, 3.05) is 40.6 Å². The van der Waals surface area contributed by atoms with E-state index in [0.717, 1.165) is 0 Å². The van der Waals surface area contributed by atoms with Crippen molar-refractivity contribution in [3.63, 3.8) is 0 Å². The summed E-state index contributed by atoms with van der Waals surface area (Å²) < 4.78 is 23.5. The second-order valence-electron chi connectivity index (χ2n) is 4.44. The lowest BCUT2D eigenvalue weighted by Gasteiger charge is -2.11. The third-order valence-corrected chi connectivity index (χ3v) is 2.76. The molecule has 0 bridgehead atoms. The van der Waals surface area contributed by atoms with E-state index in [1.807, 2.05) is 0 Å². The summed E-state index contributed by atoms with van der Waals surface area (Å²) in [6.07, 6.45) is 0. The van der Waals surface area contributed by atoms with Crippen LogP contribution < -0.4 is 0 Å². The summed E-state index contributed by atoms with van der Waals surface area (Å²) in [6.45, 7) is 2.79. The van der Waals surface area contributed by atoms with Crippen molar-refractivity contribution in [1.29, 1.82) is 0 Å². The number of carbonyl (C=O) groups is 4. The van der Waals surface area contributed by atoms with Crippen molar-refractivity contribution < 1.29 is 42.9 Å². The minimum Gasteiger partial charge on any atom is -0.468 e. The highest BCUT2D eigenvalue weighted by molar-refractivity contribution is 5.94. The molecular formula is C14H22O9. The molecule has 2 atom stereocenters. The lowest BCUT2D eigenvalue weighted by molar-refractivity contribution is -0.160. The first-order chi connectivity index (χ1) is 10.8. The second-order valence-corrected chi connectivity index (χ2v) is 4.44. The molecule has 0 aliphatic rings. The number of carbonyl (C=O) groups excluding carboxylic acids is 4. The third-order valence-electron chi connectivity index (χ3n) is 2.76. The van der Waals surface area contributed by atoms with Gasteiger partial charge in [0.05, 0.1) is 27.4 Å². The van der Waals surface area contributed by atoms with E-state index in [-0.39, 0.29) is 26.4 Å². The van der Waals surface area contributed by atoms with Crippen LogP contribution in [0, 0.1) is 11.8 Å². The molecule has 0 aromatic rings. The highest BCUT2D eigenvalue weighted by Gasteiger charge is 2.24. The number of rotatable bonds is 10. The Kier molecular flexibility index (Phi) is 10.3. The fraction of sp³-hybridized carbons (Fsp3) is 0.714. The number of esters is 4. The number of hydrogen-bond acceptors (Lipinski definition) is 9. The van der Waals surface area contributed by atoms with E-state index >= 15 is 0 Å². The van der Waals surface area contributed by atoms with Gasteiger partial charge in [-0.05, 0) is 13.8 Å². The summed E-state index contributed by atoms with van der Waals surface area (Å²) >= 11 is 0. The van der Waals surface area contributed by atoms with Gasteiger partial charge in [0.15, 0.2) is 11.8 Å². The van der Waals surface area contributed by atoms with Crippen LogP contribution >= 0.6 is 0 Å². The minimum absolute atomic E-state index is 0.0489. The topological polar surface area (TPSA) is 114 Å². The smallest absolute Gasteiger partial charge is 0.320 e. The van der Waals surface area contributed by atoms with E-state index in [1.54, 1.807) is 0 Å². The van der Waals surface area contributed by atoms with Gasteiger partial charge in [0.2, 0.25) is 0 Å². The fourth-order valence-corrected chi connectivity index (χ4v) is 1.30. The molecule has 0 fully saturated rings. The minimum atomic E-state index is -0.999. The van der Waals surface area contributed by atoms with Crippen LogP contribution in [0.25, 0.3) is 0 Å². The Balaban J connectivity index is 3.71. The fourth-order valence-electron chi connectivity index (χ4n) is 1.30. The maximum absolute atomic E-state index is 11.4. The maximum atomic E-state index is 11.4. The van der Waals surface area contributed by atoms with Crippen LogP contribution in [-0.2, 0) is 42.9 Å². The second kappa shape index (κ2) is 11.4. The predicted octanol–water partition coefficient (Wildman–Crippen LogP) is -0.292. The molecule has 2 unspecified atom stereocenters. The van der Waals surface area contributed by atoms with Crippen LogP contribution in [0.5, 0.6) is 0 Å². The molecule has 0 spiro atoms. The molecule has 0 aromatic carbocycles. The van der Waals surface area contributed by atoms with Gasteiger partial charge in [0.1, 0.15) is 13.2 Å². The van der Waals surface area contributed by atoms with E-state index in [0.29, 0.717) is 0 Å². The quantitative estimate of drug-likeness (QED) is 0.230. The summed E-state index contributed by atoms with van der Waals surface area (Å²) in [5.41, 5.74) is 0. The standard InChI is InChI=1S/C14H22O9/c1-9(11(15)19-3)13(17)22-7-5-21-6-8-23-14(18)10(2)12(16)20-4/h9-10H,5-8H2,1-4H3. The predicted molar refractivity (Wildman–Crippen MR) is 75.1 cm³/mol. The van der Waals surface area contributed by atoms with E-state index in [4.69, 9.17) is 14.2 Å². The molecule has 23 heavy (non-hydrogen) atoms. The molecule has 0 aromatic heterocycles. The van der Waals surface area contributed by atoms with E-state index in [2.05, 4.69) is 9.47 Å². The van der Waals surface area contributed by atoms with Gasteiger partial charge >= 0.3 is 23.9 Å². The summed E-state index contributed by atoms with van der Waals surface area (Å²) in [6, 6.07) is 0. The molecule has 9 nitrogen and oxygen atoms in total. The highest BCUT2D eigenvalue weighted by Crippen LogP contribution is 2.02. The van der Waals surface area contributed by atoms with Gasteiger partial charge in [-0.3, -0.25) is 19.2 Å². The van der Waals surface area contributed by atoms with Gasteiger partial charge in [-0.15, -0.1) is 0 Å². The molecule has 0 saturated heterocycles. The Morgan fingerprint density at radius 2 is 1.00 bits per heavy atom. The molecule has 132 valence electrons. The number of hydrogen-bond donors (Lipinski definition) is 0. The lowest BCUT2D eigenvalue weighted by Crippen LogP contribution is -2.26. The lowest BCUT2D eigenvalue weighted by atomic mass is 10.2. The van der Waals surface area contributed by atoms with Crippen LogP contribution in [0.15, 0.2) is 0 Å². The summed E-state index contributed by atoms with van der Waals surface area (Å²) in [4.78, 5) is 45.0. The van der Waals surface area contributed by atoms with Crippen LogP contribution in [0.2, 0.25) is 0 Å². The van der Waals surface area contributed by atoms with Crippen molar-refractivity contribution in [2.24, 2.45) is 11.8 Å². The summed E-state index contributed by atoms with van der Waals surface area (Å²) in [5.74, 6) is -4.77. The van der Waals surface area contributed by atoms with Crippen LogP contribution in [0.4, 0.5) is 0 Å². The highest BCUT2D eigenvalue weighted by atomic mass is 16.6. The maximum Gasteiger partial charge on any atom is 0.320 e. The van der Waals surface area contributed by atoms with Gasteiger partial charge in [0, 0.05) is 0 Å². The van der Waals surface area contributed by atoms with Crippen molar-refractivity contribution in [2.45, 2.75) is 13.8 Å². The molecule has 0 N–H and O–H groups in total. The van der Waals surface area contributed by atoms with Gasteiger partial charge in [-0.1, -0.05) is 0 Å². The van der Waals surface area contributed by atoms with Crippen LogP contribution in [0.3, 0.4) is 0 Å². The van der Waals surface area contributed by atoms with Crippen molar-refractivity contribution in [3.8, 4) is 0 Å². The Morgan fingerprint density at radius 3 is 1.30 bits per heavy atom. The zero-order chi connectivity index (χ0) is 17.8. The Morgan fingerprint density at radius 1 is 0.652 bits per heavy atom. The molecule has 0 rings (SSSR count). The first kappa shape index (κ1) is 20.8. The molecule has 0 saturated carbocycles. The first-order valence-electron chi connectivity index (χ1n) is 6.91. The zero-order valence-corrected chi connectivity index (χ0v) is 13.7. The molecule has 0 aliphatic carbocycles. The average molecular weight is 334 g/mol. The van der Waals surface area contributed by atoms with Gasteiger partial charge in [-0.2, -0.15) is 0 Å². The van der Waals surface area contributed by atoms with Crippen LogP contribution in [-0.4, -0.2) is 64.5 Å². The normalized spacial score (nSPS) is 12.7. The number of ether oxygens (including phenoxy) is 5. The van der Waals surface area contributed by atoms with E-state index in [9.17, 15) is 19.2 Å². The van der Waals surface area contributed by atoms with Crippen LogP contribution in [0.1, 0.15) is 13.8 Å². The summed E-state index contributed by atoms with van der Waals surface area (Å²) in [7, 11) is 2.36. The average Bonchev–Trinajstić information content (AvgIpc) is 2.57. The molecular weight excluding hydrogens is 312 g/mol. The first-order valence-corrected chi connectivity index (χ1v) is 6.91. The Bertz CT molecular complexity index is 380. The van der Waals surface area contributed by atoms with Crippen molar-refractivity contribution in [1.82, 2.24) is 0 Å². The van der Waals surface area contributed by atoms with E-state index < -0.39 is 35.7 Å². The largest absolute Gasteiger partial charge is 0.468 e. The van der Waals surface area contributed by atoms with E-state index in [1.165, 1.54) is 28.1 Å². The molecule has 0 aliphatic heterocycles. The van der Waals surface area contributed by atoms with Crippen molar-refractivity contribution >= 4 is 23.9 Å². The Labute approximate surface area is 134 Å². The van der Waals surface area contributed by atoms with Gasteiger partial charge < -0.3 is 23.7 Å². The molecule has 0 amide bonds. The SMILES string of the molecule is COC(=O)C(C)C(=O)OCCOCCOC(=O)C(C)C(=O)OC. The van der Waals surface area contributed by atoms with Gasteiger partial charge in [0.25, 0.3) is 0 Å². The third kappa shape index (κ3) is 8.15. The summed E-state index contributed by atoms with van der Waals surface area (Å²) in [5, 5.41) is 0. The van der Waals surface area contributed by atoms with Crippen molar-refractivity contribution in [3.05, 3.63) is 0 Å².